The molecule has 0 radical (unpaired) electrons. The van der Waals surface area contributed by atoms with Crippen molar-refractivity contribution in [3.8, 4) is 0 Å². The van der Waals surface area contributed by atoms with Crippen LogP contribution in [-0.2, 0) is 4.79 Å². The second-order valence-electron chi connectivity index (χ2n) is 3.10. The Kier molecular flexibility index (Phi) is 2.21. The van der Waals surface area contributed by atoms with Crippen LogP contribution < -0.4 is 10.2 Å². The molecular weight excluding hydrogens is 196 g/mol. The molecule has 0 atom stereocenters. The van der Waals surface area contributed by atoms with Gasteiger partial charge >= 0.3 is 6.03 Å². The number of carbonyl (C=O) groups is 3. The van der Waals surface area contributed by atoms with Crippen LogP contribution in [0.25, 0.3) is 0 Å². The number of urea groups is 1. The summed E-state index contributed by atoms with van der Waals surface area (Å²) in [5.41, 5.74) is 0.847. The summed E-state index contributed by atoms with van der Waals surface area (Å²) in [6.45, 7) is 0.00412. The Labute approximate surface area is 85.7 Å². The van der Waals surface area contributed by atoms with Gasteiger partial charge in [0.15, 0.2) is 0 Å². The first kappa shape index (κ1) is 9.39. The van der Waals surface area contributed by atoms with Crippen LogP contribution in [-0.4, -0.2) is 24.8 Å². The Morgan fingerprint density at radius 2 is 2.13 bits per heavy atom. The van der Waals surface area contributed by atoms with Crippen LogP contribution in [0.2, 0.25) is 0 Å². The minimum Gasteiger partial charge on any atom is -0.328 e. The van der Waals surface area contributed by atoms with Gasteiger partial charge < -0.3 is 5.32 Å². The molecule has 1 aliphatic rings. The van der Waals surface area contributed by atoms with Crippen LogP contribution in [0.15, 0.2) is 24.3 Å². The second kappa shape index (κ2) is 3.53. The van der Waals surface area contributed by atoms with Crippen molar-refractivity contribution in [2.75, 3.05) is 11.4 Å². The molecule has 15 heavy (non-hydrogen) atoms. The molecule has 0 aliphatic carbocycles. The van der Waals surface area contributed by atoms with Crippen LogP contribution in [0.5, 0.6) is 0 Å². The summed E-state index contributed by atoms with van der Waals surface area (Å²) in [6.07, 6.45) is 0.669. The molecule has 0 saturated carbocycles. The molecule has 0 aromatic heterocycles. The lowest BCUT2D eigenvalue weighted by atomic mass is 10.2. The molecule has 5 heteroatoms. The summed E-state index contributed by atoms with van der Waals surface area (Å²) in [6, 6.07) is 5.88. The molecule has 1 saturated heterocycles. The van der Waals surface area contributed by atoms with E-state index < -0.39 is 6.03 Å². The van der Waals surface area contributed by atoms with Crippen molar-refractivity contribution in [2.24, 2.45) is 0 Å². The lowest BCUT2D eigenvalue weighted by Gasteiger charge is -2.12. The van der Waals surface area contributed by atoms with Crippen molar-refractivity contribution in [2.45, 2.75) is 0 Å². The molecular formula is C10H8N2O3. The number of nitrogens with zero attached hydrogens (tertiary/aromatic N) is 1. The first-order valence-corrected chi connectivity index (χ1v) is 4.38. The van der Waals surface area contributed by atoms with Crippen LogP contribution >= 0.6 is 0 Å². The first-order valence-electron chi connectivity index (χ1n) is 4.38. The normalized spacial score (nSPS) is 15.3. The predicted octanol–water partition coefficient (Wildman–Crippen LogP) is 0.555. The number of imide groups is 1. The highest BCUT2D eigenvalue weighted by Gasteiger charge is 2.29. The molecule has 1 aromatic carbocycles. The Bertz CT molecular complexity index is 426. The molecule has 1 heterocycles. The summed E-state index contributed by atoms with van der Waals surface area (Å²) in [7, 11) is 0. The number of benzene rings is 1. The van der Waals surface area contributed by atoms with Gasteiger partial charge in [-0.1, -0.05) is 12.1 Å². The molecule has 3 amide bonds. The first-order chi connectivity index (χ1) is 7.22. The second-order valence-corrected chi connectivity index (χ2v) is 3.10. The van der Waals surface area contributed by atoms with Gasteiger partial charge in [-0.15, -0.1) is 0 Å². The highest BCUT2D eigenvalue weighted by Crippen LogP contribution is 2.17. The minimum atomic E-state index is -0.456. The van der Waals surface area contributed by atoms with Crippen LogP contribution in [0.3, 0.4) is 0 Å². The van der Waals surface area contributed by atoms with Gasteiger partial charge in [0.2, 0.25) is 0 Å². The van der Waals surface area contributed by atoms with Gasteiger partial charge in [0, 0.05) is 5.56 Å². The Morgan fingerprint density at radius 1 is 1.33 bits per heavy atom. The lowest BCUT2D eigenvalue weighted by Crippen LogP contribution is -2.30. The van der Waals surface area contributed by atoms with E-state index in [1.807, 2.05) is 0 Å². The van der Waals surface area contributed by atoms with E-state index in [4.69, 9.17) is 0 Å². The van der Waals surface area contributed by atoms with Crippen LogP contribution in [0.1, 0.15) is 10.4 Å². The molecule has 1 aromatic rings. The van der Waals surface area contributed by atoms with Crippen molar-refractivity contribution < 1.29 is 14.4 Å². The summed E-state index contributed by atoms with van der Waals surface area (Å²) < 4.78 is 0. The number of nitrogens with one attached hydrogen (secondary N) is 1. The van der Waals surface area contributed by atoms with E-state index in [9.17, 15) is 14.4 Å². The van der Waals surface area contributed by atoms with Crippen LogP contribution in [0.4, 0.5) is 10.5 Å². The maximum atomic E-state index is 11.3. The van der Waals surface area contributed by atoms with E-state index >= 15 is 0 Å². The fraction of sp³-hybridized carbons (Fsp3) is 0.100. The molecule has 1 fully saturated rings. The predicted molar refractivity (Wildman–Crippen MR) is 52.7 cm³/mol. The van der Waals surface area contributed by atoms with E-state index in [-0.39, 0.29) is 12.5 Å². The zero-order valence-electron chi connectivity index (χ0n) is 7.77. The SMILES string of the molecule is O=Cc1cccc(N2C(=O)CNC2=O)c1. The van der Waals surface area contributed by atoms with E-state index in [0.29, 0.717) is 17.5 Å². The molecule has 76 valence electrons. The zero-order chi connectivity index (χ0) is 10.8. The Hall–Kier alpha value is -2.17. The number of anilines is 1. The largest absolute Gasteiger partial charge is 0.329 e. The molecule has 1 aliphatic heterocycles. The van der Waals surface area contributed by atoms with Gasteiger partial charge in [0.05, 0.1) is 12.2 Å². The van der Waals surface area contributed by atoms with Crippen molar-refractivity contribution >= 4 is 23.9 Å². The molecule has 1 N–H and O–H groups in total. The van der Waals surface area contributed by atoms with Crippen molar-refractivity contribution in [1.82, 2.24) is 5.32 Å². The molecule has 5 nitrogen and oxygen atoms in total. The third-order valence-corrected chi connectivity index (χ3v) is 2.11. The number of rotatable bonds is 2. The number of aldehydes is 1. The van der Waals surface area contributed by atoms with Gasteiger partial charge in [-0.05, 0) is 12.1 Å². The summed E-state index contributed by atoms with van der Waals surface area (Å²) >= 11 is 0. The standard InChI is InChI=1S/C10H8N2O3/c13-6-7-2-1-3-8(4-7)12-9(14)5-11-10(12)15/h1-4,6H,5H2,(H,11,15). The summed E-state index contributed by atoms with van der Waals surface area (Å²) in [5.74, 6) is -0.317. The van der Waals surface area contributed by atoms with Crippen molar-refractivity contribution in [1.29, 1.82) is 0 Å². The molecule has 2 rings (SSSR count). The monoisotopic (exact) mass is 204 g/mol. The molecule has 0 unspecified atom stereocenters. The van der Waals surface area contributed by atoms with Gasteiger partial charge in [-0.2, -0.15) is 0 Å². The third-order valence-electron chi connectivity index (χ3n) is 2.11. The molecule has 0 bridgehead atoms. The van der Waals surface area contributed by atoms with E-state index in [0.717, 1.165) is 4.90 Å². The summed E-state index contributed by atoms with van der Waals surface area (Å²) in [5, 5.41) is 2.40. The fourth-order valence-electron chi connectivity index (χ4n) is 1.42. The van der Waals surface area contributed by atoms with E-state index in [2.05, 4.69) is 5.32 Å². The third kappa shape index (κ3) is 1.59. The summed E-state index contributed by atoms with van der Waals surface area (Å²) in [4.78, 5) is 34.2. The maximum absolute atomic E-state index is 11.3. The van der Waals surface area contributed by atoms with Gasteiger partial charge in [0.25, 0.3) is 5.91 Å². The number of hydrogen-bond donors (Lipinski definition) is 1. The van der Waals surface area contributed by atoms with Gasteiger partial charge in [0.1, 0.15) is 6.29 Å². The van der Waals surface area contributed by atoms with Crippen molar-refractivity contribution in [3.63, 3.8) is 0 Å². The fourth-order valence-corrected chi connectivity index (χ4v) is 1.42. The minimum absolute atomic E-state index is 0.00412. The average molecular weight is 204 g/mol. The topological polar surface area (TPSA) is 66.5 Å². The number of carbonyl (C=O) groups excluding carboxylic acids is 3. The number of hydrogen-bond acceptors (Lipinski definition) is 3. The van der Waals surface area contributed by atoms with Gasteiger partial charge in [-0.3, -0.25) is 9.59 Å². The Balaban J connectivity index is 2.40. The zero-order valence-corrected chi connectivity index (χ0v) is 7.77. The lowest BCUT2D eigenvalue weighted by molar-refractivity contribution is -0.115. The van der Waals surface area contributed by atoms with Crippen LogP contribution in [0, 0.1) is 0 Å². The van der Waals surface area contributed by atoms with E-state index in [1.54, 1.807) is 18.2 Å². The molecule has 0 spiro atoms. The highest BCUT2D eigenvalue weighted by atomic mass is 16.2. The average Bonchev–Trinajstić information content (AvgIpc) is 2.59. The highest BCUT2D eigenvalue weighted by molar-refractivity contribution is 6.19. The quantitative estimate of drug-likeness (QED) is 0.565. The smallest absolute Gasteiger partial charge is 0.328 e. The number of amides is 3. The van der Waals surface area contributed by atoms with E-state index in [1.165, 1.54) is 6.07 Å². The van der Waals surface area contributed by atoms with Gasteiger partial charge in [-0.25, -0.2) is 9.69 Å². The van der Waals surface area contributed by atoms with Crippen molar-refractivity contribution in [3.05, 3.63) is 29.8 Å². The Morgan fingerprint density at radius 3 is 2.73 bits per heavy atom. The maximum Gasteiger partial charge on any atom is 0.329 e.